The van der Waals surface area contributed by atoms with E-state index in [-0.39, 0.29) is 11.5 Å². The van der Waals surface area contributed by atoms with Gasteiger partial charge in [-0.2, -0.15) is 0 Å². The fraction of sp³-hybridized carbons (Fsp3) is 0.562. The number of amides is 1. The molecule has 1 aliphatic carbocycles. The molecule has 0 saturated heterocycles. The van der Waals surface area contributed by atoms with Crippen molar-refractivity contribution in [3.63, 3.8) is 0 Å². The van der Waals surface area contributed by atoms with Crippen LogP contribution in [-0.4, -0.2) is 11.7 Å². The molecular formula is C16H24N2O2. The number of rotatable bonds is 2. The van der Waals surface area contributed by atoms with Crippen molar-refractivity contribution < 1.29 is 9.53 Å². The Morgan fingerprint density at radius 2 is 1.95 bits per heavy atom. The van der Waals surface area contributed by atoms with Crippen LogP contribution in [0.4, 0.5) is 4.79 Å². The van der Waals surface area contributed by atoms with Crippen molar-refractivity contribution in [2.24, 2.45) is 5.41 Å². The van der Waals surface area contributed by atoms with Crippen LogP contribution in [0.2, 0.25) is 0 Å². The maximum atomic E-state index is 11.7. The van der Waals surface area contributed by atoms with Gasteiger partial charge in [0.15, 0.2) is 0 Å². The zero-order valence-electron chi connectivity index (χ0n) is 12.9. The lowest BCUT2D eigenvalue weighted by Crippen LogP contribution is -2.45. The Balaban J connectivity index is 2.04. The Morgan fingerprint density at radius 3 is 2.60 bits per heavy atom. The van der Waals surface area contributed by atoms with Gasteiger partial charge < -0.3 is 4.74 Å². The van der Waals surface area contributed by atoms with Gasteiger partial charge in [-0.05, 0) is 43.7 Å². The number of nitrogens with one attached hydrogen (secondary N) is 2. The average Bonchev–Trinajstić information content (AvgIpc) is 2.53. The number of benzene rings is 1. The first-order valence-electron chi connectivity index (χ1n) is 7.01. The van der Waals surface area contributed by atoms with Crippen LogP contribution >= 0.6 is 0 Å². The smallest absolute Gasteiger partial charge is 0.422 e. The van der Waals surface area contributed by atoms with E-state index in [4.69, 9.17) is 4.74 Å². The lowest BCUT2D eigenvalue weighted by atomic mass is 9.86. The SMILES string of the molecule is CC(C)(C)OC(=O)NNC1c2ccccc2CC1(C)C. The molecule has 0 heterocycles. The monoisotopic (exact) mass is 276 g/mol. The summed E-state index contributed by atoms with van der Waals surface area (Å²) < 4.78 is 5.24. The highest BCUT2D eigenvalue weighted by Crippen LogP contribution is 2.44. The Labute approximate surface area is 120 Å². The van der Waals surface area contributed by atoms with Crippen molar-refractivity contribution in [1.29, 1.82) is 0 Å². The van der Waals surface area contributed by atoms with E-state index in [1.54, 1.807) is 0 Å². The molecule has 110 valence electrons. The highest BCUT2D eigenvalue weighted by Gasteiger charge is 2.38. The molecular weight excluding hydrogens is 252 g/mol. The number of hydrogen-bond acceptors (Lipinski definition) is 3. The van der Waals surface area contributed by atoms with E-state index in [1.807, 2.05) is 26.8 Å². The van der Waals surface area contributed by atoms with Crippen molar-refractivity contribution in [2.45, 2.75) is 52.7 Å². The minimum absolute atomic E-state index is 0.0543. The Kier molecular flexibility index (Phi) is 3.78. The standard InChI is InChI=1S/C16H24N2O2/c1-15(2,3)20-14(19)18-17-13-12-9-7-6-8-11(12)10-16(13,4)5/h6-9,13,17H,10H2,1-5H3,(H,18,19). The van der Waals surface area contributed by atoms with E-state index in [1.165, 1.54) is 11.1 Å². The van der Waals surface area contributed by atoms with Gasteiger partial charge in [-0.3, -0.25) is 5.43 Å². The molecule has 0 fully saturated rings. The van der Waals surface area contributed by atoms with Crippen molar-refractivity contribution in [3.8, 4) is 0 Å². The number of carbonyl (C=O) groups excluding carboxylic acids is 1. The van der Waals surface area contributed by atoms with Crippen LogP contribution in [0, 0.1) is 5.41 Å². The minimum Gasteiger partial charge on any atom is -0.443 e. The summed E-state index contributed by atoms with van der Waals surface area (Å²) in [6.45, 7) is 9.94. The fourth-order valence-corrected chi connectivity index (χ4v) is 2.70. The third-order valence-corrected chi connectivity index (χ3v) is 3.51. The second-order valence-corrected chi connectivity index (χ2v) is 7.07. The second kappa shape index (κ2) is 5.09. The van der Waals surface area contributed by atoms with Crippen LogP contribution in [0.15, 0.2) is 24.3 Å². The summed E-state index contributed by atoms with van der Waals surface area (Å²) >= 11 is 0. The summed E-state index contributed by atoms with van der Waals surface area (Å²) in [5, 5.41) is 0. The molecule has 20 heavy (non-hydrogen) atoms. The number of fused-ring (bicyclic) bond motifs is 1. The fourth-order valence-electron chi connectivity index (χ4n) is 2.70. The Morgan fingerprint density at radius 1 is 1.30 bits per heavy atom. The van der Waals surface area contributed by atoms with Gasteiger partial charge in [0, 0.05) is 0 Å². The van der Waals surface area contributed by atoms with Gasteiger partial charge in [-0.15, -0.1) is 0 Å². The summed E-state index contributed by atoms with van der Waals surface area (Å²) in [5.41, 5.74) is 7.93. The zero-order valence-corrected chi connectivity index (χ0v) is 12.9. The third-order valence-electron chi connectivity index (χ3n) is 3.51. The van der Waals surface area contributed by atoms with Gasteiger partial charge in [0.25, 0.3) is 0 Å². The average molecular weight is 276 g/mol. The molecule has 4 nitrogen and oxygen atoms in total. The van der Waals surface area contributed by atoms with Crippen molar-refractivity contribution in [3.05, 3.63) is 35.4 Å². The summed E-state index contributed by atoms with van der Waals surface area (Å²) in [7, 11) is 0. The molecule has 0 aliphatic heterocycles. The van der Waals surface area contributed by atoms with Crippen LogP contribution in [0.5, 0.6) is 0 Å². The maximum absolute atomic E-state index is 11.7. The summed E-state index contributed by atoms with van der Waals surface area (Å²) in [5.74, 6) is 0. The highest BCUT2D eigenvalue weighted by atomic mass is 16.6. The van der Waals surface area contributed by atoms with E-state index < -0.39 is 11.7 Å². The van der Waals surface area contributed by atoms with E-state index in [2.05, 4.69) is 42.9 Å². The lowest BCUT2D eigenvalue weighted by molar-refractivity contribution is 0.0470. The van der Waals surface area contributed by atoms with Crippen LogP contribution in [0.1, 0.15) is 51.8 Å². The molecule has 1 atom stereocenters. The second-order valence-electron chi connectivity index (χ2n) is 7.07. The molecule has 1 aromatic carbocycles. The maximum Gasteiger partial charge on any atom is 0.422 e. The minimum atomic E-state index is -0.491. The molecule has 0 bridgehead atoms. The molecule has 0 radical (unpaired) electrons. The summed E-state index contributed by atoms with van der Waals surface area (Å²) in [6, 6.07) is 8.43. The molecule has 4 heteroatoms. The van der Waals surface area contributed by atoms with Crippen molar-refractivity contribution >= 4 is 6.09 Å². The Hall–Kier alpha value is -1.55. The third kappa shape index (κ3) is 3.31. The van der Waals surface area contributed by atoms with Gasteiger partial charge in [-0.1, -0.05) is 38.1 Å². The van der Waals surface area contributed by atoms with Gasteiger partial charge >= 0.3 is 6.09 Å². The molecule has 0 aromatic heterocycles. The first kappa shape index (κ1) is 14.9. The first-order chi connectivity index (χ1) is 9.19. The van der Waals surface area contributed by atoms with Crippen LogP contribution in [-0.2, 0) is 11.2 Å². The molecule has 1 amide bonds. The van der Waals surface area contributed by atoms with E-state index >= 15 is 0 Å². The van der Waals surface area contributed by atoms with Gasteiger partial charge in [0.2, 0.25) is 0 Å². The summed E-state index contributed by atoms with van der Waals surface area (Å²) in [4.78, 5) is 11.7. The molecule has 0 saturated carbocycles. The first-order valence-corrected chi connectivity index (χ1v) is 7.01. The van der Waals surface area contributed by atoms with Crippen molar-refractivity contribution in [2.75, 3.05) is 0 Å². The molecule has 1 aliphatic rings. The molecule has 1 unspecified atom stereocenters. The number of hydrogen-bond donors (Lipinski definition) is 2. The predicted molar refractivity (Wildman–Crippen MR) is 79.2 cm³/mol. The zero-order chi connectivity index (χ0) is 15.0. The van der Waals surface area contributed by atoms with E-state index in [0.29, 0.717) is 0 Å². The molecule has 2 rings (SSSR count). The van der Waals surface area contributed by atoms with Gasteiger partial charge in [0.05, 0.1) is 6.04 Å². The van der Waals surface area contributed by atoms with Crippen LogP contribution in [0.3, 0.4) is 0 Å². The lowest BCUT2D eigenvalue weighted by Gasteiger charge is -2.29. The van der Waals surface area contributed by atoms with E-state index in [0.717, 1.165) is 6.42 Å². The number of ether oxygens (including phenoxy) is 1. The van der Waals surface area contributed by atoms with E-state index in [9.17, 15) is 4.79 Å². The van der Waals surface area contributed by atoms with Crippen LogP contribution < -0.4 is 10.9 Å². The molecule has 0 spiro atoms. The quantitative estimate of drug-likeness (QED) is 0.815. The van der Waals surface area contributed by atoms with Gasteiger partial charge in [-0.25, -0.2) is 10.2 Å². The molecule has 1 aromatic rings. The highest BCUT2D eigenvalue weighted by molar-refractivity contribution is 5.67. The Bertz CT molecular complexity index is 503. The molecule has 2 N–H and O–H groups in total. The van der Waals surface area contributed by atoms with Crippen LogP contribution in [0.25, 0.3) is 0 Å². The van der Waals surface area contributed by atoms with Gasteiger partial charge in [0.1, 0.15) is 5.60 Å². The number of hydrazine groups is 1. The largest absolute Gasteiger partial charge is 0.443 e. The topological polar surface area (TPSA) is 50.4 Å². The summed E-state index contributed by atoms with van der Waals surface area (Å²) in [6.07, 6.45) is 0.550. The number of carbonyl (C=O) groups is 1. The van der Waals surface area contributed by atoms with Crippen molar-refractivity contribution in [1.82, 2.24) is 10.9 Å². The predicted octanol–water partition coefficient (Wildman–Crippen LogP) is 3.34. The normalized spacial score (nSPS) is 20.4.